The van der Waals surface area contributed by atoms with Gasteiger partial charge >= 0.3 is 19.7 Å². The molecule has 0 aliphatic carbocycles. The fourth-order valence-corrected chi connectivity index (χ4v) is 6.77. The fourth-order valence-electron chi connectivity index (χ4n) is 4.13. The van der Waals surface area contributed by atoms with E-state index >= 15 is 4.39 Å². The highest BCUT2D eigenvalue weighted by molar-refractivity contribution is 7.52. The molecule has 4 rings (SSSR count). The topological polar surface area (TPSA) is 149 Å². The summed E-state index contributed by atoms with van der Waals surface area (Å²) < 4.78 is 51.3. The van der Waals surface area contributed by atoms with E-state index < -0.39 is 56.5 Å². The maximum Gasteiger partial charge on any atom is 0.459 e. The van der Waals surface area contributed by atoms with Crippen molar-refractivity contribution in [3.63, 3.8) is 0 Å². The number of thiazole rings is 1. The molecule has 6 atom stereocenters. The Morgan fingerprint density at radius 3 is 2.75 bits per heavy atom. The van der Waals surface area contributed by atoms with Crippen LogP contribution in [0.4, 0.5) is 9.18 Å². The molecule has 1 aromatic carbocycles. The molecule has 2 aliphatic heterocycles. The van der Waals surface area contributed by atoms with Crippen LogP contribution in [0.5, 0.6) is 5.75 Å². The molecule has 3 heterocycles. The predicted octanol–water partition coefficient (Wildman–Crippen LogP) is 3.78. The van der Waals surface area contributed by atoms with E-state index in [0.717, 1.165) is 23.9 Å². The van der Waals surface area contributed by atoms with E-state index in [1.165, 1.54) is 36.6 Å². The highest BCUT2D eigenvalue weighted by atomic mass is 35.5. The Balaban J connectivity index is 1.51. The summed E-state index contributed by atoms with van der Waals surface area (Å²) in [5, 5.41) is 16.5. The van der Waals surface area contributed by atoms with Gasteiger partial charge in [-0.05, 0) is 51.1 Å². The third kappa shape index (κ3) is 6.49. The first kappa shape index (κ1) is 30.4. The summed E-state index contributed by atoms with van der Waals surface area (Å²) in [7, 11) is -3.19. The summed E-state index contributed by atoms with van der Waals surface area (Å²) in [5.41, 5.74) is -1.11. The first-order valence-electron chi connectivity index (χ1n) is 12.1. The largest absolute Gasteiger partial charge is 0.468 e. The normalized spacial score (nSPS) is 26.7. The number of aromatic nitrogens is 1. The summed E-state index contributed by atoms with van der Waals surface area (Å²) >= 11 is 7.58. The van der Waals surface area contributed by atoms with Crippen LogP contribution in [0.2, 0.25) is 4.34 Å². The van der Waals surface area contributed by atoms with Crippen molar-refractivity contribution in [1.82, 2.24) is 20.3 Å². The number of nitrogens with one attached hydrogen (secondary N) is 2. The van der Waals surface area contributed by atoms with Crippen LogP contribution in [-0.4, -0.2) is 77.4 Å². The van der Waals surface area contributed by atoms with Gasteiger partial charge in [0, 0.05) is 18.3 Å². The minimum Gasteiger partial charge on any atom is -0.468 e. The number of halogens is 2. The number of rotatable bonds is 10. The Morgan fingerprint density at radius 2 is 2.15 bits per heavy atom. The van der Waals surface area contributed by atoms with Crippen molar-refractivity contribution < 1.29 is 42.2 Å². The molecule has 2 aromatic rings. The number of aliphatic hydroxyl groups is 1. The Kier molecular flexibility index (Phi) is 9.20. The van der Waals surface area contributed by atoms with Crippen LogP contribution in [0.3, 0.4) is 0 Å². The second-order valence-corrected chi connectivity index (χ2v) is 12.7. The molecule has 40 heavy (non-hydrogen) atoms. The minimum atomic E-state index is -4.35. The third-order valence-corrected chi connectivity index (χ3v) is 9.02. The zero-order chi connectivity index (χ0) is 29.2. The smallest absolute Gasteiger partial charge is 0.459 e. The van der Waals surface area contributed by atoms with Crippen molar-refractivity contribution in [3.05, 3.63) is 45.9 Å². The molecule has 1 fully saturated rings. The number of alkyl halides is 1. The van der Waals surface area contributed by atoms with Crippen LogP contribution in [0.1, 0.15) is 18.9 Å². The lowest BCUT2D eigenvalue weighted by Crippen LogP contribution is -2.54. The number of amides is 2. The van der Waals surface area contributed by atoms with E-state index in [9.17, 15) is 19.3 Å². The molecule has 16 heteroatoms. The number of esters is 1. The van der Waals surface area contributed by atoms with Gasteiger partial charge < -0.3 is 24.4 Å². The quantitative estimate of drug-likeness (QED) is 0.265. The van der Waals surface area contributed by atoms with Gasteiger partial charge in [-0.25, -0.2) is 18.7 Å². The van der Waals surface area contributed by atoms with Crippen molar-refractivity contribution in [2.75, 3.05) is 20.3 Å². The lowest BCUT2D eigenvalue weighted by Gasteiger charge is -2.33. The lowest BCUT2D eigenvalue weighted by atomic mass is 9.98. The van der Waals surface area contributed by atoms with Gasteiger partial charge in [0.25, 0.3) is 0 Å². The van der Waals surface area contributed by atoms with Crippen molar-refractivity contribution in [3.8, 4) is 17.0 Å². The fraction of sp³-hybridized carbons (Fsp3) is 0.458. The van der Waals surface area contributed by atoms with E-state index in [2.05, 4.69) is 20.1 Å². The lowest BCUT2D eigenvalue weighted by molar-refractivity contribution is -0.142. The molecule has 0 radical (unpaired) electrons. The van der Waals surface area contributed by atoms with E-state index in [4.69, 9.17) is 25.4 Å². The summed E-state index contributed by atoms with van der Waals surface area (Å²) in [6, 6.07) is 4.61. The number of methoxy groups -OCH3 is 1. The van der Waals surface area contributed by atoms with Crippen molar-refractivity contribution >= 4 is 42.7 Å². The van der Waals surface area contributed by atoms with Gasteiger partial charge in [-0.1, -0.05) is 11.6 Å². The van der Waals surface area contributed by atoms with Gasteiger partial charge in [0.05, 0.1) is 18.7 Å². The van der Waals surface area contributed by atoms with Crippen LogP contribution in [0.15, 0.2) is 36.5 Å². The van der Waals surface area contributed by atoms with Gasteiger partial charge in [0.2, 0.25) is 0 Å². The van der Waals surface area contributed by atoms with Gasteiger partial charge in [-0.15, -0.1) is 11.3 Å². The molecular formula is C24H29ClFN4O8PS. The number of carbonyl (C=O) groups is 2. The number of urea groups is 1. The van der Waals surface area contributed by atoms with Gasteiger partial charge in [0.15, 0.2) is 11.9 Å². The molecule has 2 unspecified atom stereocenters. The number of aryl methyl sites for hydroxylation is 1. The molecule has 0 bridgehead atoms. The monoisotopic (exact) mass is 618 g/mol. The number of hydrogen-bond acceptors (Lipinski definition) is 10. The van der Waals surface area contributed by atoms with Gasteiger partial charge in [0.1, 0.15) is 34.0 Å². The zero-order valence-corrected chi connectivity index (χ0v) is 24.5. The SMILES string of the molecule is COC(=O)[C@H](C)NP(=O)(OCC1O[C@@H](N2C=CCNC2=O)[C@](C)(F)[C@@H]1O)Oc1ccc(-c2nc(C)sc2Cl)cc1. The van der Waals surface area contributed by atoms with Crippen LogP contribution in [0.25, 0.3) is 11.3 Å². The second kappa shape index (κ2) is 12.1. The predicted molar refractivity (Wildman–Crippen MR) is 145 cm³/mol. The minimum absolute atomic E-state index is 0.107. The molecule has 2 aliphatic rings. The van der Waals surface area contributed by atoms with Gasteiger partial charge in [-0.2, -0.15) is 5.09 Å². The van der Waals surface area contributed by atoms with E-state index in [0.29, 0.717) is 15.6 Å². The molecular weight excluding hydrogens is 590 g/mol. The number of ether oxygens (including phenoxy) is 2. The zero-order valence-electron chi connectivity index (χ0n) is 22.0. The maximum absolute atomic E-state index is 15.5. The summed E-state index contributed by atoms with van der Waals surface area (Å²) in [4.78, 5) is 29.6. The Bertz CT molecular complexity index is 1330. The van der Waals surface area contributed by atoms with Crippen molar-refractivity contribution in [1.29, 1.82) is 0 Å². The number of carbonyl (C=O) groups excluding carboxylic acids is 2. The standard InChI is InChI=1S/C24H29ClFN4O8PS/c1-13(21(32)35-4)29-39(34,38-16-8-6-15(7-9-16)18-20(25)40-14(2)28-18)36-12-17-19(31)24(3,26)22(37-17)30-11-5-10-27-23(30)33/h5-9,11,13,17,19,22,31H,10,12H2,1-4H3,(H,27,33)(H,29,34)/t13-,17?,19+,22+,24+,39?/m0/s1. The Hall–Kier alpha value is -2.58. The second-order valence-electron chi connectivity index (χ2n) is 9.24. The van der Waals surface area contributed by atoms with Crippen molar-refractivity contribution in [2.45, 2.75) is 50.9 Å². The van der Waals surface area contributed by atoms with Crippen LogP contribution < -0.4 is 14.9 Å². The average Bonchev–Trinajstić information content (AvgIpc) is 3.36. The molecule has 0 saturated carbocycles. The average molecular weight is 619 g/mol. The van der Waals surface area contributed by atoms with E-state index in [1.54, 1.807) is 18.2 Å². The number of nitrogens with zero attached hydrogens (tertiary/aromatic N) is 2. The Labute approximate surface area is 239 Å². The number of hydrogen-bond donors (Lipinski definition) is 3. The van der Waals surface area contributed by atoms with Crippen molar-refractivity contribution in [2.24, 2.45) is 0 Å². The van der Waals surface area contributed by atoms with Crippen LogP contribution in [0, 0.1) is 6.92 Å². The summed E-state index contributed by atoms with van der Waals surface area (Å²) in [5.74, 6) is -0.635. The first-order chi connectivity index (χ1) is 18.8. The maximum atomic E-state index is 15.5. The number of aliphatic hydroxyl groups excluding tert-OH is 1. The third-order valence-electron chi connectivity index (χ3n) is 6.20. The van der Waals surface area contributed by atoms with Crippen LogP contribution in [-0.2, 0) is 23.4 Å². The van der Waals surface area contributed by atoms with E-state index in [-0.39, 0.29) is 12.3 Å². The highest BCUT2D eigenvalue weighted by Gasteiger charge is 2.57. The molecule has 1 saturated heterocycles. The van der Waals surface area contributed by atoms with Crippen LogP contribution >= 0.6 is 30.7 Å². The highest BCUT2D eigenvalue weighted by Crippen LogP contribution is 2.47. The van der Waals surface area contributed by atoms with Gasteiger partial charge in [-0.3, -0.25) is 14.2 Å². The molecule has 12 nitrogen and oxygen atoms in total. The summed E-state index contributed by atoms with van der Waals surface area (Å²) in [6.07, 6.45) is -1.63. The molecule has 0 spiro atoms. The summed E-state index contributed by atoms with van der Waals surface area (Å²) in [6.45, 7) is 3.96. The number of benzene rings is 1. The first-order valence-corrected chi connectivity index (χ1v) is 14.9. The molecule has 218 valence electrons. The molecule has 2 amide bonds. The Morgan fingerprint density at radius 1 is 1.45 bits per heavy atom. The molecule has 1 aromatic heterocycles. The van der Waals surface area contributed by atoms with E-state index in [1.807, 2.05) is 6.92 Å². The molecule has 3 N–H and O–H groups in total.